The van der Waals surface area contributed by atoms with Crippen molar-refractivity contribution < 1.29 is 14.0 Å². The molecule has 6 heteroatoms. The van der Waals surface area contributed by atoms with Gasteiger partial charge in [0.15, 0.2) is 17.4 Å². The number of hydrogen-bond donors (Lipinski definition) is 0. The molecule has 1 heterocycles. The Morgan fingerprint density at radius 1 is 1.50 bits per heavy atom. The lowest BCUT2D eigenvalue weighted by molar-refractivity contribution is -0.123. The summed E-state index contributed by atoms with van der Waals surface area (Å²) in [6, 6.07) is 1.35. The number of carbonyl (C=O) groups excluding carboxylic acids is 2. The van der Waals surface area contributed by atoms with Gasteiger partial charge in [-0.2, -0.15) is 0 Å². The second kappa shape index (κ2) is 4.62. The molecule has 4 nitrogen and oxygen atoms in total. The lowest BCUT2D eigenvalue weighted by Crippen LogP contribution is -2.70. The molecule has 1 aromatic rings. The van der Waals surface area contributed by atoms with Crippen LogP contribution in [-0.4, -0.2) is 27.5 Å². The molecule has 0 atom stereocenters. The summed E-state index contributed by atoms with van der Waals surface area (Å²) in [7, 11) is 0. The van der Waals surface area contributed by atoms with Crippen molar-refractivity contribution in [3.63, 3.8) is 0 Å². The third-order valence-corrected chi connectivity index (χ3v) is 4.81. The fourth-order valence-electron chi connectivity index (χ4n) is 3.29. The third-order valence-electron chi connectivity index (χ3n) is 4.30. The standard InChI is InChI=1S/C14H14BrFN2O2/c1-8(19)18(14-4-9(5-14)6-14)13-12(16)10(2-3-17-13)11(20)7-15/h2-3,9H,4-7H2,1H3. The van der Waals surface area contributed by atoms with Crippen LogP contribution in [0, 0.1) is 11.7 Å². The summed E-state index contributed by atoms with van der Waals surface area (Å²) in [6.07, 6.45) is 4.11. The zero-order chi connectivity index (χ0) is 14.5. The highest BCUT2D eigenvalue weighted by molar-refractivity contribution is 9.09. The molecular weight excluding hydrogens is 327 g/mol. The van der Waals surface area contributed by atoms with Gasteiger partial charge in [0.25, 0.3) is 0 Å². The van der Waals surface area contributed by atoms with Crippen molar-refractivity contribution in [2.75, 3.05) is 10.2 Å². The van der Waals surface area contributed by atoms with Crippen molar-refractivity contribution in [2.45, 2.75) is 31.7 Å². The second-order valence-electron chi connectivity index (χ2n) is 5.61. The van der Waals surface area contributed by atoms with Crippen LogP contribution in [0.25, 0.3) is 0 Å². The number of alkyl halides is 1. The predicted octanol–water partition coefficient (Wildman–Crippen LogP) is 2.70. The molecule has 1 amide bonds. The minimum atomic E-state index is -0.697. The second-order valence-corrected chi connectivity index (χ2v) is 6.17. The largest absolute Gasteiger partial charge is 0.293 e. The van der Waals surface area contributed by atoms with Crippen molar-refractivity contribution in [1.82, 2.24) is 4.98 Å². The molecule has 0 radical (unpaired) electrons. The molecule has 0 saturated heterocycles. The number of carbonyl (C=O) groups is 2. The van der Waals surface area contributed by atoms with Crippen LogP contribution >= 0.6 is 15.9 Å². The van der Waals surface area contributed by atoms with Gasteiger partial charge >= 0.3 is 0 Å². The van der Waals surface area contributed by atoms with Gasteiger partial charge in [-0.25, -0.2) is 9.37 Å². The zero-order valence-electron chi connectivity index (χ0n) is 11.0. The summed E-state index contributed by atoms with van der Waals surface area (Å²) in [5, 5.41) is 0.0423. The van der Waals surface area contributed by atoms with Crippen LogP contribution in [0.5, 0.6) is 0 Å². The van der Waals surface area contributed by atoms with Crippen LogP contribution in [0.2, 0.25) is 0 Å². The minimum Gasteiger partial charge on any atom is -0.293 e. The molecule has 3 fully saturated rings. The van der Waals surface area contributed by atoms with E-state index in [0.717, 1.165) is 19.3 Å². The number of nitrogens with zero attached hydrogens (tertiary/aromatic N) is 2. The smallest absolute Gasteiger partial charge is 0.225 e. The average molecular weight is 341 g/mol. The van der Waals surface area contributed by atoms with Gasteiger partial charge in [0.2, 0.25) is 5.91 Å². The van der Waals surface area contributed by atoms with E-state index < -0.39 is 5.82 Å². The van der Waals surface area contributed by atoms with E-state index in [4.69, 9.17) is 0 Å². The monoisotopic (exact) mass is 340 g/mol. The van der Waals surface area contributed by atoms with Gasteiger partial charge in [0, 0.05) is 13.1 Å². The third kappa shape index (κ3) is 1.81. The zero-order valence-corrected chi connectivity index (χ0v) is 12.6. The van der Waals surface area contributed by atoms with Crippen molar-refractivity contribution in [3.05, 3.63) is 23.6 Å². The van der Waals surface area contributed by atoms with Crippen molar-refractivity contribution in [1.29, 1.82) is 0 Å². The van der Waals surface area contributed by atoms with Crippen LogP contribution in [0.3, 0.4) is 0 Å². The number of halogens is 2. The molecular formula is C14H14BrFN2O2. The molecule has 0 unspecified atom stereocenters. The first-order valence-electron chi connectivity index (χ1n) is 6.53. The van der Waals surface area contributed by atoms with Crippen molar-refractivity contribution in [3.8, 4) is 0 Å². The Morgan fingerprint density at radius 3 is 2.60 bits per heavy atom. The number of pyridine rings is 1. The highest BCUT2D eigenvalue weighted by atomic mass is 79.9. The van der Waals surface area contributed by atoms with Gasteiger partial charge in [-0.1, -0.05) is 15.9 Å². The van der Waals surface area contributed by atoms with E-state index in [1.54, 1.807) is 0 Å². The molecule has 3 saturated carbocycles. The number of amides is 1. The summed E-state index contributed by atoms with van der Waals surface area (Å²) < 4.78 is 14.5. The maximum Gasteiger partial charge on any atom is 0.225 e. The fourth-order valence-corrected chi connectivity index (χ4v) is 3.59. The normalized spacial score (nSPS) is 26.4. The van der Waals surface area contributed by atoms with Crippen molar-refractivity contribution in [2.24, 2.45) is 5.92 Å². The molecule has 3 aliphatic rings. The van der Waals surface area contributed by atoms with E-state index >= 15 is 0 Å². The molecule has 1 aromatic heterocycles. The average Bonchev–Trinajstić information content (AvgIpc) is 2.31. The van der Waals surface area contributed by atoms with E-state index in [-0.39, 0.29) is 33.9 Å². The van der Waals surface area contributed by atoms with Gasteiger partial charge in [0.05, 0.1) is 16.4 Å². The summed E-state index contributed by atoms with van der Waals surface area (Å²) in [5.41, 5.74) is -0.287. The van der Waals surface area contributed by atoms with Crippen LogP contribution in [0.4, 0.5) is 10.2 Å². The molecule has 20 heavy (non-hydrogen) atoms. The van der Waals surface area contributed by atoms with E-state index in [1.165, 1.54) is 24.1 Å². The molecule has 106 valence electrons. The highest BCUT2D eigenvalue weighted by Gasteiger charge is 2.62. The Bertz CT molecular complexity index is 588. The maximum atomic E-state index is 14.5. The molecule has 3 aliphatic carbocycles. The lowest BCUT2D eigenvalue weighted by Gasteiger charge is -2.65. The number of ketones is 1. The quantitative estimate of drug-likeness (QED) is 0.625. The van der Waals surface area contributed by atoms with Crippen LogP contribution in [0.1, 0.15) is 36.5 Å². The lowest BCUT2D eigenvalue weighted by atomic mass is 9.49. The molecule has 2 bridgehead atoms. The summed E-state index contributed by atoms with van der Waals surface area (Å²) in [5.74, 6) is -0.628. The van der Waals surface area contributed by atoms with Gasteiger partial charge in [-0.15, -0.1) is 0 Å². The molecule has 0 spiro atoms. The van der Waals surface area contributed by atoms with Crippen LogP contribution < -0.4 is 4.90 Å². The Labute approximate surface area is 124 Å². The summed E-state index contributed by atoms with van der Waals surface area (Å²) in [4.78, 5) is 29.1. The highest BCUT2D eigenvalue weighted by Crippen LogP contribution is 2.61. The number of hydrogen-bond acceptors (Lipinski definition) is 3. The van der Waals surface area contributed by atoms with Crippen molar-refractivity contribution >= 4 is 33.4 Å². The Balaban J connectivity index is 2.03. The van der Waals surface area contributed by atoms with Gasteiger partial charge in [0.1, 0.15) is 0 Å². The van der Waals surface area contributed by atoms with Gasteiger partial charge in [-0.3, -0.25) is 14.5 Å². The minimum absolute atomic E-state index is 0.0116. The Hall–Kier alpha value is -1.30. The van der Waals surface area contributed by atoms with E-state index in [1.807, 2.05) is 0 Å². The van der Waals surface area contributed by atoms with E-state index in [0.29, 0.717) is 5.92 Å². The Morgan fingerprint density at radius 2 is 2.15 bits per heavy atom. The molecule has 0 aromatic carbocycles. The Kier molecular flexibility index (Phi) is 3.16. The topological polar surface area (TPSA) is 50.3 Å². The first-order chi connectivity index (χ1) is 9.48. The van der Waals surface area contributed by atoms with E-state index in [2.05, 4.69) is 20.9 Å². The first kappa shape index (κ1) is 13.7. The number of rotatable bonds is 4. The number of anilines is 1. The molecule has 4 rings (SSSR count). The van der Waals surface area contributed by atoms with E-state index in [9.17, 15) is 14.0 Å². The van der Waals surface area contributed by atoms with Gasteiger partial charge in [-0.05, 0) is 31.2 Å². The molecule has 0 aliphatic heterocycles. The maximum absolute atomic E-state index is 14.5. The fraction of sp³-hybridized carbons (Fsp3) is 0.500. The van der Waals surface area contributed by atoms with Crippen LogP contribution in [-0.2, 0) is 4.79 Å². The first-order valence-corrected chi connectivity index (χ1v) is 7.65. The molecule has 0 N–H and O–H groups in total. The number of aromatic nitrogens is 1. The SMILES string of the molecule is CC(=O)N(c1nccc(C(=O)CBr)c1F)C12CC(C1)C2. The summed E-state index contributed by atoms with van der Waals surface area (Å²) in [6.45, 7) is 1.42. The van der Waals surface area contributed by atoms with Gasteiger partial charge < -0.3 is 0 Å². The predicted molar refractivity (Wildman–Crippen MR) is 75.6 cm³/mol. The summed E-state index contributed by atoms with van der Waals surface area (Å²) >= 11 is 3.03. The van der Waals surface area contributed by atoms with Crippen LogP contribution in [0.15, 0.2) is 12.3 Å². The number of Topliss-reactive ketones (excluding diaryl/α,β-unsaturated/α-hetero) is 1.